The summed E-state index contributed by atoms with van der Waals surface area (Å²) in [5, 5.41) is 4.36. The first kappa shape index (κ1) is 12.4. The van der Waals surface area contributed by atoms with Gasteiger partial charge in [0.05, 0.1) is 5.69 Å². The minimum atomic E-state index is 0.439. The SMILES string of the molecule is CN1CC(CN)CC1c1ccccc1-n1cccn1. The summed E-state index contributed by atoms with van der Waals surface area (Å²) in [5.74, 6) is 0.598. The van der Waals surface area contributed by atoms with Crippen LogP contribution in [0.3, 0.4) is 0 Å². The molecule has 1 aromatic carbocycles. The molecule has 2 N–H and O–H groups in total. The van der Waals surface area contributed by atoms with Crippen molar-refractivity contribution in [2.75, 3.05) is 20.1 Å². The van der Waals surface area contributed by atoms with Crippen molar-refractivity contribution in [3.8, 4) is 5.69 Å². The molecule has 0 saturated carbocycles. The van der Waals surface area contributed by atoms with Gasteiger partial charge in [-0.3, -0.25) is 4.90 Å². The number of benzene rings is 1. The smallest absolute Gasteiger partial charge is 0.0693 e. The largest absolute Gasteiger partial charge is 0.330 e. The van der Waals surface area contributed by atoms with Crippen LogP contribution >= 0.6 is 0 Å². The summed E-state index contributed by atoms with van der Waals surface area (Å²) in [4.78, 5) is 2.40. The number of likely N-dealkylation sites (tertiary alicyclic amines) is 1. The van der Waals surface area contributed by atoms with Crippen molar-refractivity contribution in [1.29, 1.82) is 0 Å². The van der Waals surface area contributed by atoms with Crippen LogP contribution in [0.2, 0.25) is 0 Å². The lowest BCUT2D eigenvalue weighted by Gasteiger charge is -2.22. The Balaban J connectivity index is 1.97. The van der Waals surface area contributed by atoms with E-state index in [-0.39, 0.29) is 0 Å². The van der Waals surface area contributed by atoms with Gasteiger partial charge in [0, 0.05) is 25.0 Å². The maximum absolute atomic E-state index is 5.82. The average molecular weight is 256 g/mol. The molecule has 100 valence electrons. The predicted octanol–water partition coefficient (Wildman–Crippen LogP) is 1.82. The van der Waals surface area contributed by atoms with E-state index in [1.165, 1.54) is 11.3 Å². The lowest BCUT2D eigenvalue weighted by molar-refractivity contribution is 0.313. The molecule has 0 amide bonds. The Morgan fingerprint density at radius 3 is 2.84 bits per heavy atom. The summed E-state index contributed by atoms with van der Waals surface area (Å²) in [6.45, 7) is 1.85. The average Bonchev–Trinajstić information content (AvgIpc) is 3.08. The van der Waals surface area contributed by atoms with E-state index < -0.39 is 0 Å². The lowest BCUT2D eigenvalue weighted by Crippen LogP contribution is -2.21. The molecular weight excluding hydrogens is 236 g/mol. The van der Waals surface area contributed by atoms with Crippen LogP contribution in [-0.2, 0) is 0 Å². The molecule has 2 atom stereocenters. The zero-order valence-electron chi connectivity index (χ0n) is 11.2. The Hall–Kier alpha value is -1.65. The Kier molecular flexibility index (Phi) is 3.36. The number of rotatable bonds is 3. The molecule has 3 rings (SSSR count). The lowest BCUT2D eigenvalue weighted by atomic mass is 9.98. The monoisotopic (exact) mass is 256 g/mol. The molecule has 2 unspecified atom stereocenters. The summed E-state index contributed by atoms with van der Waals surface area (Å²) in [6.07, 6.45) is 4.94. The van der Waals surface area contributed by atoms with Gasteiger partial charge in [0.2, 0.25) is 0 Å². The van der Waals surface area contributed by atoms with E-state index in [0.29, 0.717) is 12.0 Å². The molecule has 1 aliphatic rings. The number of nitrogens with zero attached hydrogens (tertiary/aromatic N) is 3. The van der Waals surface area contributed by atoms with Crippen LogP contribution < -0.4 is 5.73 Å². The highest BCUT2D eigenvalue weighted by molar-refractivity contribution is 5.42. The van der Waals surface area contributed by atoms with Crippen LogP contribution in [0.25, 0.3) is 5.69 Å². The van der Waals surface area contributed by atoms with Crippen molar-refractivity contribution in [2.24, 2.45) is 11.7 Å². The molecule has 2 heterocycles. The molecule has 0 radical (unpaired) electrons. The first-order chi connectivity index (χ1) is 9.29. The topological polar surface area (TPSA) is 47.1 Å². The standard InChI is InChI=1S/C15H20N4/c1-18-11-12(10-16)9-15(18)13-5-2-3-6-14(13)19-8-4-7-17-19/h2-8,12,15H,9-11,16H2,1H3. The second-order valence-corrected chi connectivity index (χ2v) is 5.30. The van der Waals surface area contributed by atoms with Crippen LogP contribution in [0.1, 0.15) is 18.0 Å². The van der Waals surface area contributed by atoms with E-state index >= 15 is 0 Å². The van der Waals surface area contributed by atoms with Crippen LogP contribution in [0.4, 0.5) is 0 Å². The normalized spacial score (nSPS) is 23.9. The zero-order chi connectivity index (χ0) is 13.2. The number of para-hydroxylation sites is 1. The van der Waals surface area contributed by atoms with Gasteiger partial charge in [-0.05, 0) is 43.6 Å². The minimum absolute atomic E-state index is 0.439. The Bertz CT molecular complexity index is 535. The maximum Gasteiger partial charge on any atom is 0.0693 e. The molecule has 0 aliphatic carbocycles. The third-order valence-electron chi connectivity index (χ3n) is 4.02. The molecule has 1 fully saturated rings. The summed E-state index contributed by atoms with van der Waals surface area (Å²) in [7, 11) is 2.18. The van der Waals surface area contributed by atoms with Crippen LogP contribution in [0, 0.1) is 5.92 Å². The van der Waals surface area contributed by atoms with Gasteiger partial charge in [0.1, 0.15) is 0 Å². The second kappa shape index (κ2) is 5.15. The van der Waals surface area contributed by atoms with Gasteiger partial charge in [-0.15, -0.1) is 0 Å². The molecule has 4 nitrogen and oxygen atoms in total. The van der Waals surface area contributed by atoms with Gasteiger partial charge in [0.25, 0.3) is 0 Å². The molecule has 1 saturated heterocycles. The molecule has 0 bridgehead atoms. The molecule has 19 heavy (non-hydrogen) atoms. The molecule has 4 heteroatoms. The van der Waals surface area contributed by atoms with E-state index in [4.69, 9.17) is 5.73 Å². The van der Waals surface area contributed by atoms with Crippen molar-refractivity contribution < 1.29 is 0 Å². The first-order valence-electron chi connectivity index (χ1n) is 6.79. The highest BCUT2D eigenvalue weighted by Crippen LogP contribution is 2.36. The summed E-state index contributed by atoms with van der Waals surface area (Å²) < 4.78 is 1.94. The van der Waals surface area contributed by atoms with Crippen molar-refractivity contribution >= 4 is 0 Å². The number of aromatic nitrogens is 2. The quantitative estimate of drug-likeness (QED) is 0.911. The van der Waals surface area contributed by atoms with E-state index in [1.807, 2.05) is 23.1 Å². The van der Waals surface area contributed by atoms with Crippen molar-refractivity contribution in [3.63, 3.8) is 0 Å². The van der Waals surface area contributed by atoms with Gasteiger partial charge in [-0.25, -0.2) is 4.68 Å². The van der Waals surface area contributed by atoms with Crippen LogP contribution in [-0.4, -0.2) is 34.8 Å². The highest BCUT2D eigenvalue weighted by atomic mass is 15.3. The van der Waals surface area contributed by atoms with Crippen molar-refractivity contribution in [1.82, 2.24) is 14.7 Å². The Labute approximate surface area is 113 Å². The first-order valence-corrected chi connectivity index (χ1v) is 6.79. The fourth-order valence-electron chi connectivity index (χ4n) is 3.03. The van der Waals surface area contributed by atoms with E-state index in [0.717, 1.165) is 19.5 Å². The van der Waals surface area contributed by atoms with Gasteiger partial charge >= 0.3 is 0 Å². The maximum atomic E-state index is 5.82. The Morgan fingerprint density at radius 1 is 1.32 bits per heavy atom. The third kappa shape index (κ3) is 2.29. The fourth-order valence-corrected chi connectivity index (χ4v) is 3.03. The molecule has 0 spiro atoms. The van der Waals surface area contributed by atoms with Gasteiger partial charge in [0.15, 0.2) is 0 Å². The predicted molar refractivity (Wildman–Crippen MR) is 76.1 cm³/mol. The molecule has 2 aromatic rings. The van der Waals surface area contributed by atoms with E-state index in [9.17, 15) is 0 Å². The van der Waals surface area contributed by atoms with Gasteiger partial charge in [-0.2, -0.15) is 5.10 Å². The van der Waals surface area contributed by atoms with Crippen LogP contribution in [0.15, 0.2) is 42.7 Å². The third-order valence-corrected chi connectivity index (χ3v) is 4.02. The van der Waals surface area contributed by atoms with E-state index in [1.54, 1.807) is 0 Å². The number of nitrogens with two attached hydrogens (primary N) is 1. The molecular formula is C15H20N4. The summed E-state index contributed by atoms with van der Waals surface area (Å²) in [5.41, 5.74) is 8.33. The van der Waals surface area contributed by atoms with Gasteiger partial charge < -0.3 is 5.73 Å². The molecule has 1 aliphatic heterocycles. The van der Waals surface area contributed by atoms with Crippen molar-refractivity contribution in [3.05, 3.63) is 48.3 Å². The Morgan fingerprint density at radius 2 is 2.16 bits per heavy atom. The van der Waals surface area contributed by atoms with Crippen LogP contribution in [0.5, 0.6) is 0 Å². The molecule has 1 aromatic heterocycles. The summed E-state index contributed by atoms with van der Waals surface area (Å²) in [6, 6.07) is 10.9. The number of hydrogen-bond donors (Lipinski definition) is 1. The highest BCUT2D eigenvalue weighted by Gasteiger charge is 2.31. The zero-order valence-corrected chi connectivity index (χ0v) is 11.2. The van der Waals surface area contributed by atoms with Gasteiger partial charge in [-0.1, -0.05) is 18.2 Å². The number of hydrogen-bond acceptors (Lipinski definition) is 3. The van der Waals surface area contributed by atoms with Crippen molar-refractivity contribution in [2.45, 2.75) is 12.5 Å². The summed E-state index contributed by atoms with van der Waals surface area (Å²) >= 11 is 0. The van der Waals surface area contributed by atoms with E-state index in [2.05, 4.69) is 41.3 Å². The minimum Gasteiger partial charge on any atom is -0.330 e. The fraction of sp³-hybridized carbons (Fsp3) is 0.400. The second-order valence-electron chi connectivity index (χ2n) is 5.30.